The Bertz CT molecular complexity index is 623. The zero-order valence-electron chi connectivity index (χ0n) is 11.0. The highest BCUT2D eigenvalue weighted by Crippen LogP contribution is 2.28. The molecule has 1 fully saturated rings. The van der Waals surface area contributed by atoms with E-state index in [1.807, 2.05) is 0 Å². The summed E-state index contributed by atoms with van der Waals surface area (Å²) in [5.41, 5.74) is -0.273. The van der Waals surface area contributed by atoms with Gasteiger partial charge in [0.25, 0.3) is 0 Å². The minimum Gasteiger partial charge on any atom is -0.478 e. The highest BCUT2D eigenvalue weighted by molar-refractivity contribution is 7.89. The lowest BCUT2D eigenvalue weighted by atomic mass is 10.2. The number of halogens is 1. The molecule has 1 aromatic rings. The lowest BCUT2D eigenvalue weighted by molar-refractivity contribution is 0.0696. The number of carbonyl (C=O) groups is 1. The van der Waals surface area contributed by atoms with E-state index >= 15 is 0 Å². The van der Waals surface area contributed by atoms with Gasteiger partial charge in [-0.3, -0.25) is 0 Å². The van der Waals surface area contributed by atoms with Crippen molar-refractivity contribution >= 4 is 16.0 Å². The number of aromatic carboxylic acids is 1. The summed E-state index contributed by atoms with van der Waals surface area (Å²) in [4.78, 5) is 10.3. The Morgan fingerprint density at radius 1 is 1.35 bits per heavy atom. The summed E-state index contributed by atoms with van der Waals surface area (Å²) >= 11 is 0. The van der Waals surface area contributed by atoms with Crippen LogP contribution in [-0.4, -0.2) is 36.9 Å². The van der Waals surface area contributed by atoms with Crippen molar-refractivity contribution in [2.24, 2.45) is 0 Å². The largest absolute Gasteiger partial charge is 0.478 e. The Balaban J connectivity index is 2.36. The maximum absolute atomic E-state index is 13.9. The molecule has 0 saturated heterocycles. The second kappa shape index (κ2) is 5.49. The Morgan fingerprint density at radius 3 is 2.45 bits per heavy atom. The van der Waals surface area contributed by atoms with Crippen molar-refractivity contribution in [1.82, 2.24) is 4.31 Å². The first kappa shape index (κ1) is 14.9. The van der Waals surface area contributed by atoms with Crippen LogP contribution in [-0.2, 0) is 10.0 Å². The molecule has 7 heteroatoms. The van der Waals surface area contributed by atoms with Gasteiger partial charge in [-0.05, 0) is 31.0 Å². The normalized spacial score (nSPS) is 16.8. The van der Waals surface area contributed by atoms with E-state index in [0.717, 1.165) is 43.9 Å². The molecular formula is C13H16FNO4S. The van der Waals surface area contributed by atoms with E-state index in [1.54, 1.807) is 0 Å². The summed E-state index contributed by atoms with van der Waals surface area (Å²) in [5.74, 6) is -2.33. The molecular weight excluding hydrogens is 285 g/mol. The fourth-order valence-electron chi connectivity index (χ4n) is 2.46. The molecule has 1 saturated carbocycles. The molecule has 0 atom stereocenters. The summed E-state index contributed by atoms with van der Waals surface area (Å²) in [6, 6.07) is 2.73. The number of rotatable bonds is 4. The maximum atomic E-state index is 13.9. The summed E-state index contributed by atoms with van der Waals surface area (Å²) in [5, 5.41) is 8.76. The van der Waals surface area contributed by atoms with Crippen molar-refractivity contribution in [3.63, 3.8) is 0 Å². The quantitative estimate of drug-likeness (QED) is 0.924. The number of carboxylic acids is 1. The van der Waals surface area contributed by atoms with E-state index in [4.69, 9.17) is 5.11 Å². The molecule has 1 N–H and O–H groups in total. The zero-order valence-corrected chi connectivity index (χ0v) is 11.9. The molecule has 0 bridgehead atoms. The van der Waals surface area contributed by atoms with E-state index in [-0.39, 0.29) is 11.6 Å². The molecule has 0 spiro atoms. The summed E-state index contributed by atoms with van der Waals surface area (Å²) in [6.45, 7) is 0. The van der Waals surface area contributed by atoms with Crippen molar-refractivity contribution in [2.75, 3.05) is 7.05 Å². The maximum Gasteiger partial charge on any atom is 0.335 e. The third-order valence-electron chi connectivity index (χ3n) is 3.67. The number of sulfonamides is 1. The highest BCUT2D eigenvalue weighted by atomic mass is 32.2. The fourth-order valence-corrected chi connectivity index (χ4v) is 3.92. The van der Waals surface area contributed by atoms with Crippen LogP contribution in [0.15, 0.2) is 23.1 Å². The molecule has 0 aliphatic heterocycles. The third kappa shape index (κ3) is 2.69. The van der Waals surface area contributed by atoms with Gasteiger partial charge in [0.2, 0.25) is 10.0 Å². The molecule has 0 amide bonds. The Morgan fingerprint density at radius 2 is 1.95 bits per heavy atom. The van der Waals surface area contributed by atoms with Gasteiger partial charge in [0.15, 0.2) is 0 Å². The molecule has 0 unspecified atom stereocenters. The van der Waals surface area contributed by atoms with Gasteiger partial charge >= 0.3 is 5.97 Å². The fraction of sp³-hybridized carbons (Fsp3) is 0.462. The Labute approximate surface area is 117 Å². The number of benzene rings is 1. The van der Waals surface area contributed by atoms with Gasteiger partial charge in [0.1, 0.15) is 10.7 Å². The van der Waals surface area contributed by atoms with Gasteiger partial charge in [-0.25, -0.2) is 17.6 Å². The van der Waals surface area contributed by atoms with Gasteiger partial charge in [-0.1, -0.05) is 12.8 Å². The minimum absolute atomic E-state index is 0.112. The molecule has 110 valence electrons. The van der Waals surface area contributed by atoms with Crippen LogP contribution < -0.4 is 0 Å². The van der Waals surface area contributed by atoms with Crippen molar-refractivity contribution in [1.29, 1.82) is 0 Å². The van der Waals surface area contributed by atoms with E-state index in [0.29, 0.717) is 0 Å². The summed E-state index contributed by atoms with van der Waals surface area (Å²) < 4.78 is 39.8. The van der Waals surface area contributed by atoms with Gasteiger partial charge in [0, 0.05) is 13.1 Å². The van der Waals surface area contributed by atoms with Crippen LogP contribution in [0, 0.1) is 5.82 Å². The van der Waals surface area contributed by atoms with Crippen molar-refractivity contribution in [3.05, 3.63) is 29.6 Å². The van der Waals surface area contributed by atoms with E-state index in [1.165, 1.54) is 11.4 Å². The van der Waals surface area contributed by atoms with Gasteiger partial charge in [-0.2, -0.15) is 4.31 Å². The first-order chi connectivity index (χ1) is 9.34. The van der Waals surface area contributed by atoms with Crippen LogP contribution in [0.1, 0.15) is 36.0 Å². The second-order valence-corrected chi connectivity index (χ2v) is 6.88. The SMILES string of the molecule is CN(C1CCCC1)S(=O)(=O)c1ccc(C(=O)O)cc1F. The molecule has 0 heterocycles. The van der Waals surface area contributed by atoms with Crippen LogP contribution in [0.5, 0.6) is 0 Å². The Hall–Kier alpha value is -1.47. The van der Waals surface area contributed by atoms with Gasteiger partial charge in [0.05, 0.1) is 5.56 Å². The predicted molar refractivity (Wildman–Crippen MR) is 70.6 cm³/mol. The summed E-state index contributed by atoms with van der Waals surface area (Å²) in [7, 11) is -2.49. The standard InChI is InChI=1S/C13H16FNO4S/c1-15(10-4-2-3-5-10)20(18,19)12-7-6-9(13(16)17)8-11(12)14/h6-8,10H,2-5H2,1H3,(H,16,17). The molecule has 5 nitrogen and oxygen atoms in total. The Kier molecular flexibility index (Phi) is 4.10. The number of carboxylic acid groups (broad SMARTS) is 1. The molecule has 1 aliphatic rings. The third-order valence-corrected chi connectivity index (χ3v) is 5.62. The number of nitrogens with zero attached hydrogens (tertiary/aromatic N) is 1. The van der Waals surface area contributed by atoms with Crippen LogP contribution in [0.4, 0.5) is 4.39 Å². The molecule has 1 aromatic carbocycles. The molecule has 2 rings (SSSR count). The van der Waals surface area contributed by atoms with Crippen LogP contribution in [0.3, 0.4) is 0 Å². The lowest BCUT2D eigenvalue weighted by Crippen LogP contribution is -2.35. The average molecular weight is 301 g/mol. The average Bonchev–Trinajstić information content (AvgIpc) is 2.90. The monoisotopic (exact) mass is 301 g/mol. The van der Waals surface area contributed by atoms with Gasteiger partial charge < -0.3 is 5.11 Å². The molecule has 1 aliphatic carbocycles. The predicted octanol–water partition coefficient (Wildman–Crippen LogP) is 2.09. The van der Waals surface area contributed by atoms with E-state index < -0.39 is 26.7 Å². The van der Waals surface area contributed by atoms with Crippen molar-refractivity contribution in [2.45, 2.75) is 36.6 Å². The van der Waals surface area contributed by atoms with Crippen molar-refractivity contribution < 1.29 is 22.7 Å². The molecule has 0 aromatic heterocycles. The summed E-state index contributed by atoms with van der Waals surface area (Å²) in [6.07, 6.45) is 3.46. The van der Waals surface area contributed by atoms with E-state index in [9.17, 15) is 17.6 Å². The first-order valence-electron chi connectivity index (χ1n) is 6.35. The van der Waals surface area contributed by atoms with Crippen LogP contribution >= 0.6 is 0 Å². The topological polar surface area (TPSA) is 74.7 Å². The lowest BCUT2D eigenvalue weighted by Gasteiger charge is -2.23. The zero-order chi connectivity index (χ0) is 14.9. The number of hydrogen-bond donors (Lipinski definition) is 1. The minimum atomic E-state index is -3.93. The van der Waals surface area contributed by atoms with Crippen molar-refractivity contribution in [3.8, 4) is 0 Å². The molecule has 20 heavy (non-hydrogen) atoms. The van der Waals surface area contributed by atoms with E-state index in [2.05, 4.69) is 0 Å². The second-order valence-electron chi connectivity index (χ2n) is 4.91. The van der Waals surface area contributed by atoms with Crippen LogP contribution in [0.2, 0.25) is 0 Å². The smallest absolute Gasteiger partial charge is 0.335 e. The first-order valence-corrected chi connectivity index (χ1v) is 7.79. The highest BCUT2D eigenvalue weighted by Gasteiger charge is 2.32. The van der Waals surface area contributed by atoms with Crippen LogP contribution in [0.25, 0.3) is 0 Å². The number of hydrogen-bond acceptors (Lipinski definition) is 3. The molecule has 0 radical (unpaired) electrons. The van der Waals surface area contributed by atoms with Gasteiger partial charge in [-0.15, -0.1) is 0 Å².